The Morgan fingerprint density at radius 1 is 0.435 bits per heavy atom. The van der Waals surface area contributed by atoms with Gasteiger partial charge in [0.05, 0.1) is 22.1 Å². The Balaban J connectivity index is 1.00. The molecule has 0 saturated carbocycles. The Morgan fingerprint density at radius 3 is 1.52 bits per heavy atom. The molecule has 46 heavy (non-hydrogen) atoms. The van der Waals surface area contributed by atoms with Crippen LogP contribution in [0.25, 0.3) is 94.4 Å². The van der Waals surface area contributed by atoms with Crippen LogP contribution < -0.4 is 0 Å². The summed E-state index contributed by atoms with van der Waals surface area (Å²) in [5.74, 6) is 1.78. The Labute approximate surface area is 265 Å². The standard InChI is InChI=1S/C42H28N4/c1-5-13-33-29(9-1)30-10-2-6-14-34(30)38-37(33)43-41(44-38)27-21-17-25(18-22-27)26-19-23-28(24-20-26)42-45-39-35-15-7-3-11-31(35)32-12-4-8-16-36(32)40(39)46-42/h1-3,5-11,13-24H,4,12H2,(H,43,44)(H,45,46). The molecule has 0 radical (unpaired) electrons. The molecule has 0 fully saturated rings. The lowest BCUT2D eigenvalue weighted by molar-refractivity contribution is 0.999. The highest BCUT2D eigenvalue weighted by molar-refractivity contribution is 6.23. The van der Waals surface area contributed by atoms with Crippen LogP contribution in [0.1, 0.15) is 17.5 Å². The SMILES string of the molecule is C1=Cc2c(c3ccccc3c3[nH]c(-c4ccc(-c5ccc(-c6nc7c8ccccc8c8ccccc8c7[nH]6)cc5)cc4)nc23)CC1. The van der Waals surface area contributed by atoms with E-state index in [1.807, 2.05) is 0 Å². The smallest absolute Gasteiger partial charge is 0.138 e. The zero-order valence-electron chi connectivity index (χ0n) is 25.0. The number of hydrogen-bond donors (Lipinski definition) is 2. The van der Waals surface area contributed by atoms with Gasteiger partial charge < -0.3 is 9.97 Å². The van der Waals surface area contributed by atoms with Crippen molar-refractivity contribution in [2.45, 2.75) is 12.8 Å². The van der Waals surface area contributed by atoms with Crippen LogP contribution in [0.5, 0.6) is 0 Å². The minimum Gasteiger partial charge on any atom is -0.337 e. The first kappa shape index (κ1) is 25.3. The molecule has 4 heteroatoms. The van der Waals surface area contributed by atoms with Crippen molar-refractivity contribution >= 4 is 60.5 Å². The molecule has 7 aromatic carbocycles. The summed E-state index contributed by atoms with van der Waals surface area (Å²) in [5, 5.41) is 7.41. The van der Waals surface area contributed by atoms with Crippen molar-refractivity contribution in [1.29, 1.82) is 0 Å². The summed E-state index contributed by atoms with van der Waals surface area (Å²) in [5.41, 5.74) is 11.4. The van der Waals surface area contributed by atoms with E-state index in [1.54, 1.807) is 0 Å². The molecule has 216 valence electrons. The summed E-state index contributed by atoms with van der Waals surface area (Å²) in [4.78, 5) is 17.5. The third-order valence-corrected chi connectivity index (χ3v) is 9.67. The quantitative estimate of drug-likeness (QED) is 0.202. The van der Waals surface area contributed by atoms with E-state index in [-0.39, 0.29) is 0 Å². The third-order valence-electron chi connectivity index (χ3n) is 9.67. The molecule has 4 nitrogen and oxygen atoms in total. The Kier molecular flexibility index (Phi) is 5.37. The fraction of sp³-hybridized carbons (Fsp3) is 0.0476. The maximum Gasteiger partial charge on any atom is 0.138 e. The molecule has 0 aliphatic heterocycles. The van der Waals surface area contributed by atoms with Crippen molar-refractivity contribution in [1.82, 2.24) is 19.9 Å². The van der Waals surface area contributed by atoms with Gasteiger partial charge in [-0.05, 0) is 45.7 Å². The highest BCUT2D eigenvalue weighted by atomic mass is 14.9. The molecule has 2 N–H and O–H groups in total. The second kappa shape index (κ2) is 9.75. The number of aromatic amines is 2. The molecule has 0 amide bonds. The number of nitrogens with one attached hydrogen (secondary N) is 2. The molecular formula is C42H28N4. The van der Waals surface area contributed by atoms with Gasteiger partial charge in [-0.1, -0.05) is 133 Å². The maximum atomic E-state index is 5.13. The summed E-state index contributed by atoms with van der Waals surface area (Å²) in [6, 6.07) is 43.2. The summed E-state index contributed by atoms with van der Waals surface area (Å²) in [7, 11) is 0. The first-order valence-electron chi connectivity index (χ1n) is 15.9. The fourth-order valence-electron chi connectivity index (χ4n) is 7.43. The number of nitrogens with zero attached hydrogens (tertiary/aromatic N) is 2. The number of aromatic nitrogens is 4. The number of imidazole rings is 2. The van der Waals surface area contributed by atoms with Gasteiger partial charge in [-0.2, -0.15) is 0 Å². The van der Waals surface area contributed by atoms with Gasteiger partial charge in [-0.15, -0.1) is 0 Å². The van der Waals surface area contributed by atoms with Gasteiger partial charge in [-0.25, -0.2) is 9.97 Å². The molecule has 0 spiro atoms. The van der Waals surface area contributed by atoms with E-state index >= 15 is 0 Å². The second-order valence-corrected chi connectivity index (χ2v) is 12.2. The van der Waals surface area contributed by atoms with Crippen LogP contribution in [0.2, 0.25) is 0 Å². The van der Waals surface area contributed by atoms with Gasteiger partial charge in [-0.3, -0.25) is 0 Å². The summed E-state index contributed by atoms with van der Waals surface area (Å²) in [6.07, 6.45) is 6.65. The molecule has 9 aromatic rings. The van der Waals surface area contributed by atoms with Crippen LogP contribution in [0.4, 0.5) is 0 Å². The number of rotatable bonds is 3. The van der Waals surface area contributed by atoms with Crippen molar-refractivity contribution < 1.29 is 0 Å². The Morgan fingerprint density at radius 2 is 0.891 bits per heavy atom. The summed E-state index contributed by atoms with van der Waals surface area (Å²) < 4.78 is 0. The first-order valence-corrected chi connectivity index (χ1v) is 15.9. The van der Waals surface area contributed by atoms with E-state index < -0.39 is 0 Å². The van der Waals surface area contributed by atoms with Crippen molar-refractivity contribution in [2.75, 3.05) is 0 Å². The van der Waals surface area contributed by atoms with Crippen LogP contribution in [-0.2, 0) is 6.42 Å². The highest BCUT2D eigenvalue weighted by Crippen LogP contribution is 2.38. The molecule has 2 heterocycles. The van der Waals surface area contributed by atoms with Gasteiger partial charge in [0.1, 0.15) is 11.6 Å². The van der Waals surface area contributed by atoms with Crippen molar-refractivity contribution in [3.05, 3.63) is 139 Å². The van der Waals surface area contributed by atoms with E-state index in [9.17, 15) is 0 Å². The monoisotopic (exact) mass is 588 g/mol. The number of fused-ring (bicyclic) bond motifs is 12. The molecule has 0 saturated heterocycles. The predicted molar refractivity (Wildman–Crippen MR) is 192 cm³/mol. The molecular weight excluding hydrogens is 560 g/mol. The van der Waals surface area contributed by atoms with E-state index in [0.717, 1.165) is 63.2 Å². The van der Waals surface area contributed by atoms with Gasteiger partial charge in [0.2, 0.25) is 0 Å². The number of H-pyrrole nitrogens is 2. The molecule has 2 aromatic heterocycles. The van der Waals surface area contributed by atoms with Crippen LogP contribution in [0.15, 0.2) is 127 Å². The van der Waals surface area contributed by atoms with Crippen molar-refractivity contribution in [3.8, 4) is 33.9 Å². The van der Waals surface area contributed by atoms with Crippen molar-refractivity contribution in [3.63, 3.8) is 0 Å². The van der Waals surface area contributed by atoms with Crippen molar-refractivity contribution in [2.24, 2.45) is 0 Å². The van der Waals surface area contributed by atoms with Gasteiger partial charge in [0.25, 0.3) is 0 Å². The highest BCUT2D eigenvalue weighted by Gasteiger charge is 2.19. The molecule has 0 bridgehead atoms. The Bertz CT molecular complexity index is 2600. The Hall–Kier alpha value is -6.00. The van der Waals surface area contributed by atoms with E-state index in [2.05, 4.69) is 143 Å². The fourth-order valence-corrected chi connectivity index (χ4v) is 7.43. The summed E-state index contributed by atoms with van der Waals surface area (Å²) in [6.45, 7) is 0. The molecule has 1 aliphatic carbocycles. The zero-order chi connectivity index (χ0) is 30.2. The van der Waals surface area contributed by atoms with E-state index in [1.165, 1.54) is 49.0 Å². The minimum atomic E-state index is 0.882. The lowest BCUT2D eigenvalue weighted by Gasteiger charge is -2.14. The maximum absolute atomic E-state index is 5.13. The number of hydrogen-bond acceptors (Lipinski definition) is 2. The zero-order valence-corrected chi connectivity index (χ0v) is 25.0. The summed E-state index contributed by atoms with van der Waals surface area (Å²) >= 11 is 0. The lowest BCUT2D eigenvalue weighted by atomic mass is 9.90. The van der Waals surface area contributed by atoms with Crippen LogP contribution in [0, 0.1) is 0 Å². The van der Waals surface area contributed by atoms with E-state index in [4.69, 9.17) is 9.97 Å². The normalized spacial score (nSPS) is 13.0. The lowest BCUT2D eigenvalue weighted by Crippen LogP contribution is -1.97. The third kappa shape index (κ3) is 3.74. The van der Waals surface area contributed by atoms with Gasteiger partial charge >= 0.3 is 0 Å². The minimum absolute atomic E-state index is 0.882. The topological polar surface area (TPSA) is 57.4 Å². The number of benzene rings is 7. The van der Waals surface area contributed by atoms with Gasteiger partial charge in [0.15, 0.2) is 0 Å². The van der Waals surface area contributed by atoms with Crippen LogP contribution >= 0.6 is 0 Å². The average molecular weight is 589 g/mol. The number of allylic oxidation sites excluding steroid dienone is 1. The average Bonchev–Trinajstić information content (AvgIpc) is 3.79. The van der Waals surface area contributed by atoms with Crippen LogP contribution in [0.3, 0.4) is 0 Å². The van der Waals surface area contributed by atoms with E-state index in [0.29, 0.717) is 0 Å². The number of aryl methyl sites for hydroxylation is 1. The van der Waals surface area contributed by atoms with Crippen LogP contribution in [-0.4, -0.2) is 19.9 Å². The molecule has 0 unspecified atom stereocenters. The largest absolute Gasteiger partial charge is 0.337 e. The molecule has 10 rings (SSSR count). The second-order valence-electron chi connectivity index (χ2n) is 12.2. The predicted octanol–water partition coefficient (Wildman–Crippen LogP) is 10.9. The molecule has 0 atom stereocenters. The first-order chi connectivity index (χ1) is 22.8. The molecule has 1 aliphatic rings. The van der Waals surface area contributed by atoms with Gasteiger partial charge in [0, 0.05) is 32.8 Å².